The number of H-pyrrole nitrogens is 1. The van der Waals surface area contributed by atoms with E-state index in [1.54, 1.807) is 32.8 Å². The number of nitrogens with zero attached hydrogens (tertiary/aromatic N) is 3. The van der Waals surface area contributed by atoms with Crippen LogP contribution in [0, 0.1) is 0 Å². The maximum absolute atomic E-state index is 10.6. The van der Waals surface area contributed by atoms with Gasteiger partial charge in [0.1, 0.15) is 0 Å². The Morgan fingerprint density at radius 1 is 1.16 bits per heavy atom. The number of pyridine rings is 1. The summed E-state index contributed by atoms with van der Waals surface area (Å²) in [6.45, 7) is 0.616. The van der Waals surface area contributed by atoms with Crippen molar-refractivity contribution in [1.29, 1.82) is 0 Å². The number of anilines is 1. The summed E-state index contributed by atoms with van der Waals surface area (Å²) in [7, 11) is 3.15. The Kier molecular flexibility index (Phi) is 3.77. The lowest BCUT2D eigenvalue weighted by Crippen LogP contribution is -2.20. The number of ether oxygens (including phenoxy) is 2. The van der Waals surface area contributed by atoms with E-state index >= 15 is 0 Å². The van der Waals surface area contributed by atoms with Crippen LogP contribution in [-0.4, -0.2) is 34.5 Å². The highest BCUT2D eigenvalue weighted by molar-refractivity contribution is 5.68. The fourth-order valence-corrected chi connectivity index (χ4v) is 3.14. The van der Waals surface area contributed by atoms with Gasteiger partial charge in [-0.1, -0.05) is 12.1 Å². The monoisotopic (exact) mass is 338 g/mol. The van der Waals surface area contributed by atoms with Gasteiger partial charge in [0.25, 0.3) is 5.88 Å². The first-order chi connectivity index (χ1) is 12.2. The van der Waals surface area contributed by atoms with Gasteiger partial charge in [-0.2, -0.15) is 5.10 Å². The largest absolute Gasteiger partial charge is 0.491 e. The van der Waals surface area contributed by atoms with Gasteiger partial charge in [-0.05, 0) is 23.3 Å². The number of aromatic amines is 1. The van der Waals surface area contributed by atoms with E-state index in [2.05, 4.69) is 21.2 Å². The van der Waals surface area contributed by atoms with Crippen molar-refractivity contribution in [2.45, 2.75) is 12.8 Å². The molecule has 1 atom stereocenters. The molecule has 3 aromatic rings. The zero-order valence-electron chi connectivity index (χ0n) is 13.9. The zero-order chi connectivity index (χ0) is 17.4. The van der Waals surface area contributed by atoms with Crippen LogP contribution in [-0.2, 0) is 6.54 Å². The van der Waals surface area contributed by atoms with Crippen molar-refractivity contribution < 1.29 is 14.6 Å². The minimum atomic E-state index is -0.676. The lowest BCUT2D eigenvalue weighted by Gasteiger charge is -2.20. The van der Waals surface area contributed by atoms with Crippen LogP contribution in [0.2, 0.25) is 0 Å². The zero-order valence-corrected chi connectivity index (χ0v) is 13.9. The number of aliphatic hydroxyl groups excluding tert-OH is 1. The third-order valence-electron chi connectivity index (χ3n) is 4.44. The number of aromatic nitrogens is 3. The Morgan fingerprint density at radius 3 is 2.76 bits per heavy atom. The molecule has 0 spiro atoms. The van der Waals surface area contributed by atoms with Crippen molar-refractivity contribution in [3.63, 3.8) is 0 Å². The maximum Gasteiger partial charge on any atom is 0.256 e. The number of methoxy groups -OCH3 is 2. The quantitative estimate of drug-likeness (QED) is 0.760. The predicted molar refractivity (Wildman–Crippen MR) is 92.5 cm³/mol. The number of aliphatic hydroxyl groups is 1. The van der Waals surface area contributed by atoms with Crippen LogP contribution in [0.15, 0.2) is 42.9 Å². The molecule has 4 rings (SSSR count). The maximum atomic E-state index is 10.6. The molecule has 0 radical (unpaired) electrons. The summed E-state index contributed by atoms with van der Waals surface area (Å²) >= 11 is 0. The van der Waals surface area contributed by atoms with Crippen molar-refractivity contribution in [3.05, 3.63) is 54.0 Å². The first-order valence-electron chi connectivity index (χ1n) is 7.86. The molecule has 7 nitrogen and oxygen atoms in total. The van der Waals surface area contributed by atoms with Crippen molar-refractivity contribution in [1.82, 2.24) is 15.2 Å². The van der Waals surface area contributed by atoms with Gasteiger partial charge in [0.15, 0.2) is 12.0 Å². The molecule has 0 saturated heterocycles. The average molecular weight is 338 g/mol. The van der Waals surface area contributed by atoms with E-state index < -0.39 is 6.23 Å². The summed E-state index contributed by atoms with van der Waals surface area (Å²) in [6, 6.07) is 7.89. The number of benzene rings is 1. The van der Waals surface area contributed by atoms with E-state index in [1.165, 1.54) is 0 Å². The Labute approximate surface area is 144 Å². The number of hydrogen-bond acceptors (Lipinski definition) is 6. The molecule has 1 unspecified atom stereocenters. The SMILES string of the molecule is COc1cc(-c2ccc3c(c2)CN(c2cn[nH]c2)C3O)cnc1OC. The number of hydrogen-bond donors (Lipinski definition) is 2. The molecule has 1 aromatic carbocycles. The number of nitrogens with one attached hydrogen (secondary N) is 1. The molecular weight excluding hydrogens is 320 g/mol. The van der Waals surface area contributed by atoms with Crippen molar-refractivity contribution >= 4 is 5.69 Å². The molecule has 25 heavy (non-hydrogen) atoms. The summed E-state index contributed by atoms with van der Waals surface area (Å²) < 4.78 is 10.5. The lowest BCUT2D eigenvalue weighted by atomic mass is 10.0. The Balaban J connectivity index is 1.69. The third kappa shape index (κ3) is 2.58. The van der Waals surface area contributed by atoms with Crippen molar-refractivity contribution in [2.75, 3.05) is 19.1 Å². The van der Waals surface area contributed by atoms with Gasteiger partial charge in [0, 0.05) is 30.1 Å². The molecule has 0 amide bonds. The summed E-state index contributed by atoms with van der Waals surface area (Å²) in [5.41, 5.74) is 4.77. The Morgan fingerprint density at radius 2 is 2.04 bits per heavy atom. The van der Waals surface area contributed by atoms with Crippen LogP contribution in [0.1, 0.15) is 17.4 Å². The van der Waals surface area contributed by atoms with Crippen LogP contribution >= 0.6 is 0 Å². The van der Waals surface area contributed by atoms with Crippen LogP contribution in [0.5, 0.6) is 11.6 Å². The van der Waals surface area contributed by atoms with Crippen LogP contribution in [0.25, 0.3) is 11.1 Å². The highest BCUT2D eigenvalue weighted by Gasteiger charge is 2.29. The molecule has 0 fully saturated rings. The molecule has 2 aromatic heterocycles. The summed E-state index contributed by atoms with van der Waals surface area (Å²) in [4.78, 5) is 6.18. The molecule has 2 N–H and O–H groups in total. The Hall–Kier alpha value is -3.06. The van der Waals surface area contributed by atoms with E-state index in [1.807, 2.05) is 23.1 Å². The molecule has 1 aliphatic heterocycles. The van der Waals surface area contributed by atoms with Crippen molar-refractivity contribution in [2.24, 2.45) is 0 Å². The smallest absolute Gasteiger partial charge is 0.256 e. The van der Waals surface area contributed by atoms with Crippen LogP contribution in [0.4, 0.5) is 5.69 Å². The summed E-state index contributed by atoms with van der Waals surface area (Å²) in [5.74, 6) is 1.04. The van der Waals surface area contributed by atoms with E-state index in [9.17, 15) is 5.11 Å². The van der Waals surface area contributed by atoms with Gasteiger partial charge in [-0.25, -0.2) is 4.98 Å². The normalized spacial score (nSPS) is 16.0. The van der Waals surface area contributed by atoms with Gasteiger partial charge in [0.05, 0.1) is 26.1 Å². The minimum absolute atomic E-state index is 0.453. The van der Waals surface area contributed by atoms with Gasteiger partial charge in [-0.3, -0.25) is 5.10 Å². The molecular formula is C18H18N4O3. The molecule has 0 bridgehead atoms. The fraction of sp³-hybridized carbons (Fsp3) is 0.222. The highest BCUT2D eigenvalue weighted by Crippen LogP contribution is 2.38. The fourth-order valence-electron chi connectivity index (χ4n) is 3.14. The standard InChI is InChI=1S/C18H18N4O3/c1-24-16-6-12(7-19-17(16)25-2)11-3-4-15-13(5-11)10-22(18(15)23)14-8-20-21-9-14/h3-9,18,23H,10H2,1-2H3,(H,20,21). The predicted octanol–water partition coefficient (Wildman–Crippen LogP) is 2.50. The van der Waals surface area contributed by atoms with Gasteiger partial charge in [-0.15, -0.1) is 0 Å². The van der Waals surface area contributed by atoms with Gasteiger partial charge < -0.3 is 19.5 Å². The van der Waals surface area contributed by atoms with Crippen molar-refractivity contribution in [3.8, 4) is 22.8 Å². The lowest BCUT2D eigenvalue weighted by molar-refractivity contribution is 0.182. The van der Waals surface area contributed by atoms with Gasteiger partial charge >= 0.3 is 0 Å². The molecule has 3 heterocycles. The van der Waals surface area contributed by atoms with E-state index in [-0.39, 0.29) is 0 Å². The minimum Gasteiger partial charge on any atom is -0.491 e. The number of rotatable bonds is 4. The van der Waals surface area contributed by atoms with Crippen LogP contribution in [0.3, 0.4) is 0 Å². The first kappa shape index (κ1) is 15.5. The second-order valence-corrected chi connectivity index (χ2v) is 5.81. The second-order valence-electron chi connectivity index (χ2n) is 5.81. The molecule has 7 heteroatoms. The number of fused-ring (bicyclic) bond motifs is 1. The van der Waals surface area contributed by atoms with Crippen LogP contribution < -0.4 is 14.4 Å². The summed E-state index contributed by atoms with van der Waals surface area (Å²) in [5, 5.41) is 17.3. The average Bonchev–Trinajstić information content (AvgIpc) is 3.29. The Bertz CT molecular complexity index is 895. The van der Waals surface area contributed by atoms with E-state index in [0.29, 0.717) is 18.2 Å². The second kappa shape index (κ2) is 6.10. The highest BCUT2D eigenvalue weighted by atomic mass is 16.5. The molecule has 1 aliphatic rings. The van der Waals surface area contributed by atoms with E-state index in [4.69, 9.17) is 9.47 Å². The first-order valence-corrected chi connectivity index (χ1v) is 7.86. The molecule has 0 saturated carbocycles. The summed E-state index contributed by atoms with van der Waals surface area (Å²) in [6.07, 6.45) is 4.55. The van der Waals surface area contributed by atoms with E-state index in [0.717, 1.165) is 27.9 Å². The molecule has 0 aliphatic carbocycles. The molecule has 128 valence electrons. The third-order valence-corrected chi connectivity index (χ3v) is 4.44. The topological polar surface area (TPSA) is 83.5 Å². The van der Waals surface area contributed by atoms with Gasteiger partial charge in [0.2, 0.25) is 0 Å².